The predicted octanol–water partition coefficient (Wildman–Crippen LogP) is -0.589. The highest BCUT2D eigenvalue weighted by molar-refractivity contribution is 5.91. The van der Waals surface area contributed by atoms with Crippen molar-refractivity contribution in [3.05, 3.63) is 24.3 Å². The average molecular weight is 235 g/mol. The zero-order valence-corrected chi connectivity index (χ0v) is 9.96. The van der Waals surface area contributed by atoms with Crippen LogP contribution in [-0.2, 0) is 0 Å². The van der Waals surface area contributed by atoms with Gasteiger partial charge in [-0.3, -0.25) is 14.7 Å². The third-order valence-corrected chi connectivity index (χ3v) is 2.85. The van der Waals surface area contributed by atoms with Gasteiger partial charge in [-0.1, -0.05) is 0 Å². The normalized spacial score (nSPS) is 17.9. The molecule has 0 spiro atoms. The quantitative estimate of drug-likeness (QED) is 0.759. The first-order valence-corrected chi connectivity index (χ1v) is 5.71. The van der Waals surface area contributed by atoms with Crippen LogP contribution in [0.2, 0.25) is 0 Å². The van der Waals surface area contributed by atoms with Crippen molar-refractivity contribution in [1.29, 1.82) is 0 Å². The molecule has 0 unspecified atom stereocenters. The molecular formula is C11H17N5O. The lowest BCUT2D eigenvalue weighted by Crippen LogP contribution is -2.48. The number of amides is 1. The van der Waals surface area contributed by atoms with Gasteiger partial charge in [-0.15, -0.1) is 0 Å². The second-order valence-electron chi connectivity index (χ2n) is 4.18. The van der Waals surface area contributed by atoms with E-state index in [0.717, 1.165) is 26.2 Å². The minimum Gasteiger partial charge on any atom is -0.338 e. The summed E-state index contributed by atoms with van der Waals surface area (Å²) in [5.74, 6) is -0.169. The van der Waals surface area contributed by atoms with Crippen molar-refractivity contribution in [2.75, 3.05) is 39.9 Å². The van der Waals surface area contributed by atoms with Gasteiger partial charge < -0.3 is 10.2 Å². The smallest absolute Gasteiger partial charge is 0.272 e. The first-order valence-electron chi connectivity index (χ1n) is 5.71. The van der Waals surface area contributed by atoms with Gasteiger partial charge in [-0.25, -0.2) is 4.98 Å². The molecular weight excluding hydrogens is 218 g/mol. The Bertz CT molecular complexity index is 361. The summed E-state index contributed by atoms with van der Waals surface area (Å²) in [6, 6.07) is 0. The molecule has 0 bridgehead atoms. The molecule has 17 heavy (non-hydrogen) atoms. The van der Waals surface area contributed by atoms with E-state index in [1.54, 1.807) is 6.20 Å². The third-order valence-electron chi connectivity index (χ3n) is 2.85. The summed E-state index contributed by atoms with van der Waals surface area (Å²) in [4.78, 5) is 24.0. The summed E-state index contributed by atoms with van der Waals surface area (Å²) in [6.07, 6.45) is 4.54. The second kappa shape index (κ2) is 5.70. The third kappa shape index (κ3) is 3.47. The molecule has 92 valence electrons. The highest BCUT2D eigenvalue weighted by Crippen LogP contribution is 1.97. The van der Waals surface area contributed by atoms with Crippen LogP contribution in [0.25, 0.3) is 0 Å². The number of carbonyl (C=O) groups excluding carboxylic acids is 1. The molecule has 6 heteroatoms. The molecule has 0 atom stereocenters. The molecule has 1 aliphatic heterocycles. The van der Waals surface area contributed by atoms with Crippen LogP contribution in [-0.4, -0.2) is 65.6 Å². The van der Waals surface area contributed by atoms with Gasteiger partial charge >= 0.3 is 0 Å². The molecule has 0 radical (unpaired) electrons. The highest BCUT2D eigenvalue weighted by Gasteiger charge is 2.14. The molecule has 2 rings (SSSR count). The first kappa shape index (κ1) is 11.9. The first-order chi connectivity index (χ1) is 8.25. The van der Waals surface area contributed by atoms with Crippen LogP contribution in [0.15, 0.2) is 18.6 Å². The van der Waals surface area contributed by atoms with Crippen molar-refractivity contribution in [3.63, 3.8) is 0 Å². The highest BCUT2D eigenvalue weighted by atomic mass is 16.2. The fourth-order valence-electron chi connectivity index (χ4n) is 1.70. The topological polar surface area (TPSA) is 61.4 Å². The van der Waals surface area contributed by atoms with E-state index in [2.05, 4.69) is 32.1 Å². The summed E-state index contributed by atoms with van der Waals surface area (Å²) in [5, 5.41) is 2.85. The van der Waals surface area contributed by atoms with Gasteiger partial charge in [-0.05, 0) is 7.05 Å². The SMILES string of the molecule is CN1CCN(CNC(=O)c2cnccn2)CC1. The van der Waals surface area contributed by atoms with Crippen LogP contribution in [0.4, 0.5) is 0 Å². The fourth-order valence-corrected chi connectivity index (χ4v) is 1.70. The van der Waals surface area contributed by atoms with E-state index in [1.165, 1.54) is 12.4 Å². The van der Waals surface area contributed by atoms with Crippen molar-refractivity contribution >= 4 is 5.91 Å². The fraction of sp³-hybridized carbons (Fsp3) is 0.545. The van der Waals surface area contributed by atoms with Crippen molar-refractivity contribution in [1.82, 2.24) is 25.1 Å². The molecule has 1 aromatic rings. The molecule has 1 aromatic heterocycles. The maximum Gasteiger partial charge on any atom is 0.272 e. The Morgan fingerprint density at radius 3 is 2.76 bits per heavy atom. The van der Waals surface area contributed by atoms with Crippen LogP contribution >= 0.6 is 0 Å². The van der Waals surface area contributed by atoms with E-state index < -0.39 is 0 Å². The van der Waals surface area contributed by atoms with E-state index in [1.807, 2.05) is 0 Å². The van der Waals surface area contributed by atoms with Crippen LogP contribution < -0.4 is 5.32 Å². The Morgan fingerprint density at radius 2 is 2.12 bits per heavy atom. The molecule has 6 nitrogen and oxygen atoms in total. The Hall–Kier alpha value is -1.53. The zero-order valence-electron chi connectivity index (χ0n) is 9.96. The largest absolute Gasteiger partial charge is 0.338 e. The monoisotopic (exact) mass is 235 g/mol. The molecule has 2 heterocycles. The van der Waals surface area contributed by atoms with E-state index >= 15 is 0 Å². The van der Waals surface area contributed by atoms with Gasteiger partial charge in [0.15, 0.2) is 0 Å². The molecule has 1 amide bonds. The van der Waals surface area contributed by atoms with Crippen molar-refractivity contribution < 1.29 is 4.79 Å². The molecule has 1 N–H and O–H groups in total. The van der Waals surface area contributed by atoms with Crippen LogP contribution in [0, 0.1) is 0 Å². The summed E-state index contributed by atoms with van der Waals surface area (Å²) in [5.41, 5.74) is 0.363. The molecule has 1 aliphatic rings. The van der Waals surface area contributed by atoms with E-state index in [4.69, 9.17) is 0 Å². The number of nitrogens with one attached hydrogen (secondary N) is 1. The number of likely N-dealkylation sites (N-methyl/N-ethyl adjacent to an activating group) is 1. The minimum atomic E-state index is -0.169. The lowest BCUT2D eigenvalue weighted by Gasteiger charge is -2.32. The number of nitrogens with zero attached hydrogens (tertiary/aromatic N) is 4. The molecule has 0 aliphatic carbocycles. The van der Waals surface area contributed by atoms with Gasteiger partial charge in [0.1, 0.15) is 5.69 Å². The lowest BCUT2D eigenvalue weighted by molar-refractivity contribution is 0.0885. The summed E-state index contributed by atoms with van der Waals surface area (Å²) in [6.45, 7) is 4.62. The maximum absolute atomic E-state index is 11.7. The number of piperazine rings is 1. The van der Waals surface area contributed by atoms with Crippen LogP contribution in [0.5, 0.6) is 0 Å². The Kier molecular flexibility index (Phi) is 4.00. The van der Waals surface area contributed by atoms with E-state index in [-0.39, 0.29) is 5.91 Å². The number of aromatic nitrogens is 2. The number of hydrogen-bond acceptors (Lipinski definition) is 5. The van der Waals surface area contributed by atoms with Gasteiger partial charge in [0.25, 0.3) is 5.91 Å². The summed E-state index contributed by atoms with van der Waals surface area (Å²) < 4.78 is 0. The van der Waals surface area contributed by atoms with Crippen LogP contribution in [0.1, 0.15) is 10.5 Å². The maximum atomic E-state index is 11.7. The molecule has 0 saturated carbocycles. The second-order valence-corrected chi connectivity index (χ2v) is 4.18. The summed E-state index contributed by atoms with van der Waals surface area (Å²) >= 11 is 0. The Labute approximate surface area is 101 Å². The Morgan fingerprint density at radius 1 is 1.35 bits per heavy atom. The summed E-state index contributed by atoms with van der Waals surface area (Å²) in [7, 11) is 2.11. The number of rotatable bonds is 3. The van der Waals surface area contributed by atoms with E-state index in [0.29, 0.717) is 12.4 Å². The minimum absolute atomic E-state index is 0.169. The van der Waals surface area contributed by atoms with Gasteiger partial charge in [0.2, 0.25) is 0 Å². The molecule has 1 saturated heterocycles. The van der Waals surface area contributed by atoms with Crippen LogP contribution in [0.3, 0.4) is 0 Å². The van der Waals surface area contributed by atoms with Crippen molar-refractivity contribution in [3.8, 4) is 0 Å². The van der Waals surface area contributed by atoms with Gasteiger partial charge in [-0.2, -0.15) is 0 Å². The molecule has 0 aromatic carbocycles. The van der Waals surface area contributed by atoms with Gasteiger partial charge in [0.05, 0.1) is 12.9 Å². The number of hydrogen-bond donors (Lipinski definition) is 1. The van der Waals surface area contributed by atoms with Crippen molar-refractivity contribution in [2.45, 2.75) is 0 Å². The average Bonchev–Trinajstić information content (AvgIpc) is 2.39. The molecule has 1 fully saturated rings. The lowest BCUT2D eigenvalue weighted by atomic mass is 10.3. The number of carbonyl (C=O) groups is 1. The standard InChI is InChI=1S/C11H17N5O/c1-15-4-6-16(7-5-15)9-14-11(17)10-8-12-2-3-13-10/h2-3,8H,4-7,9H2,1H3,(H,14,17). The van der Waals surface area contributed by atoms with Crippen molar-refractivity contribution in [2.24, 2.45) is 0 Å². The Balaban J connectivity index is 1.77. The zero-order chi connectivity index (χ0) is 12.1. The van der Waals surface area contributed by atoms with Gasteiger partial charge in [0, 0.05) is 38.6 Å². The van der Waals surface area contributed by atoms with E-state index in [9.17, 15) is 4.79 Å². The predicted molar refractivity (Wildman–Crippen MR) is 63.4 cm³/mol.